The Hall–Kier alpha value is -0.940. The van der Waals surface area contributed by atoms with Crippen LogP contribution >= 0.6 is 11.3 Å². The van der Waals surface area contributed by atoms with Crippen LogP contribution in [0.3, 0.4) is 0 Å². The van der Waals surface area contributed by atoms with Crippen LogP contribution in [-0.2, 0) is 11.3 Å². The van der Waals surface area contributed by atoms with Gasteiger partial charge in [-0.15, -0.1) is 11.3 Å². The highest BCUT2D eigenvalue weighted by molar-refractivity contribution is 7.09. The normalized spacial score (nSPS) is 18.6. The molecule has 4 nitrogen and oxygen atoms in total. The molecule has 0 aromatic carbocycles. The maximum atomic E-state index is 12.1. The van der Waals surface area contributed by atoms with E-state index in [4.69, 9.17) is 5.73 Å². The van der Waals surface area contributed by atoms with Crippen LogP contribution in [0.5, 0.6) is 0 Å². The van der Waals surface area contributed by atoms with Gasteiger partial charge in [0.15, 0.2) is 0 Å². The Balaban J connectivity index is 1.91. The number of hydrogen-bond donors (Lipinski definition) is 2. The number of aromatic nitrogens is 1. The first kappa shape index (κ1) is 11.5. The number of carbonyl (C=O) groups excluding carboxylic acids is 1. The van der Waals surface area contributed by atoms with Crippen LogP contribution in [0.4, 0.5) is 0 Å². The van der Waals surface area contributed by atoms with Crippen LogP contribution in [0.15, 0.2) is 11.7 Å². The van der Waals surface area contributed by atoms with Gasteiger partial charge in [-0.25, -0.2) is 0 Å². The summed E-state index contributed by atoms with van der Waals surface area (Å²) < 4.78 is 0. The number of thiazole rings is 1. The summed E-state index contributed by atoms with van der Waals surface area (Å²) in [5, 5.41) is 2.97. The Morgan fingerprint density at radius 3 is 2.88 bits per heavy atom. The predicted molar refractivity (Wildman–Crippen MR) is 63.9 cm³/mol. The van der Waals surface area contributed by atoms with E-state index in [-0.39, 0.29) is 11.3 Å². The summed E-state index contributed by atoms with van der Waals surface area (Å²) in [4.78, 5) is 17.1. The Morgan fingerprint density at radius 2 is 2.31 bits per heavy atom. The van der Waals surface area contributed by atoms with E-state index < -0.39 is 0 Å². The van der Waals surface area contributed by atoms with E-state index >= 15 is 0 Å². The van der Waals surface area contributed by atoms with E-state index in [1.54, 1.807) is 23.0 Å². The molecule has 0 bridgehead atoms. The second-order valence-corrected chi connectivity index (χ2v) is 5.31. The summed E-state index contributed by atoms with van der Waals surface area (Å²) >= 11 is 1.56. The molecule has 0 spiro atoms. The van der Waals surface area contributed by atoms with Crippen LogP contribution in [0.25, 0.3) is 0 Å². The summed E-state index contributed by atoms with van der Waals surface area (Å²) in [6, 6.07) is 0. The maximum absolute atomic E-state index is 12.1. The van der Waals surface area contributed by atoms with Gasteiger partial charge in [0.2, 0.25) is 5.91 Å². The molecule has 16 heavy (non-hydrogen) atoms. The van der Waals surface area contributed by atoms with Gasteiger partial charge in [0.05, 0.1) is 17.5 Å². The fourth-order valence-electron chi connectivity index (χ4n) is 2.26. The van der Waals surface area contributed by atoms with Crippen molar-refractivity contribution in [3.63, 3.8) is 0 Å². The molecule has 3 N–H and O–H groups in total. The Morgan fingerprint density at radius 1 is 1.56 bits per heavy atom. The lowest BCUT2D eigenvalue weighted by atomic mass is 9.85. The summed E-state index contributed by atoms with van der Waals surface area (Å²) in [6.45, 7) is 1.03. The van der Waals surface area contributed by atoms with Crippen molar-refractivity contribution in [2.75, 3.05) is 6.54 Å². The summed E-state index contributed by atoms with van der Waals surface area (Å²) in [5.41, 5.74) is 7.22. The third kappa shape index (κ3) is 2.25. The van der Waals surface area contributed by atoms with Crippen molar-refractivity contribution in [1.82, 2.24) is 10.3 Å². The Bertz CT molecular complexity index is 344. The fourth-order valence-corrected chi connectivity index (χ4v) is 2.79. The largest absolute Gasteiger partial charge is 0.351 e. The van der Waals surface area contributed by atoms with Crippen molar-refractivity contribution in [3.8, 4) is 0 Å². The number of hydrogen-bond acceptors (Lipinski definition) is 4. The molecule has 0 saturated heterocycles. The van der Waals surface area contributed by atoms with Gasteiger partial charge in [0.1, 0.15) is 0 Å². The van der Waals surface area contributed by atoms with Crippen LogP contribution in [0, 0.1) is 5.41 Å². The van der Waals surface area contributed by atoms with Crippen LogP contribution in [0.1, 0.15) is 30.6 Å². The molecule has 88 valence electrons. The second-order valence-electron chi connectivity index (χ2n) is 4.34. The zero-order valence-electron chi connectivity index (χ0n) is 9.24. The van der Waals surface area contributed by atoms with Crippen LogP contribution in [0.2, 0.25) is 0 Å². The number of nitrogens with two attached hydrogens (primary N) is 1. The van der Waals surface area contributed by atoms with E-state index in [0.717, 1.165) is 30.6 Å². The van der Waals surface area contributed by atoms with Crippen molar-refractivity contribution in [3.05, 3.63) is 16.6 Å². The SMILES string of the molecule is NCC1(C(=O)NCc2cncs2)CCCC1. The highest BCUT2D eigenvalue weighted by Gasteiger charge is 2.39. The van der Waals surface area contributed by atoms with Crippen LogP contribution in [-0.4, -0.2) is 17.4 Å². The third-order valence-electron chi connectivity index (χ3n) is 3.34. The van der Waals surface area contributed by atoms with Crippen LogP contribution < -0.4 is 11.1 Å². The highest BCUT2D eigenvalue weighted by Crippen LogP contribution is 2.37. The number of carbonyl (C=O) groups is 1. The van der Waals surface area contributed by atoms with E-state index in [9.17, 15) is 4.79 Å². The van der Waals surface area contributed by atoms with Crippen molar-refractivity contribution in [1.29, 1.82) is 0 Å². The molecule has 1 aromatic rings. The third-order valence-corrected chi connectivity index (χ3v) is 4.12. The molecular formula is C11H17N3OS. The lowest BCUT2D eigenvalue weighted by Crippen LogP contribution is -2.43. The highest BCUT2D eigenvalue weighted by atomic mass is 32.1. The van der Waals surface area contributed by atoms with E-state index in [2.05, 4.69) is 10.3 Å². The van der Waals surface area contributed by atoms with Gasteiger partial charge in [0.25, 0.3) is 0 Å². The van der Waals surface area contributed by atoms with E-state index in [1.807, 2.05) is 0 Å². The topological polar surface area (TPSA) is 68.0 Å². The lowest BCUT2D eigenvalue weighted by molar-refractivity contribution is -0.130. The zero-order valence-corrected chi connectivity index (χ0v) is 10.1. The Kier molecular flexibility index (Phi) is 3.56. The minimum absolute atomic E-state index is 0.112. The first-order valence-electron chi connectivity index (χ1n) is 5.63. The van der Waals surface area contributed by atoms with Crippen molar-refractivity contribution < 1.29 is 4.79 Å². The maximum Gasteiger partial charge on any atom is 0.227 e. The molecule has 5 heteroatoms. The van der Waals surface area contributed by atoms with Crippen molar-refractivity contribution in [2.24, 2.45) is 11.1 Å². The Labute approximate surface area is 99.3 Å². The van der Waals surface area contributed by atoms with Gasteiger partial charge in [-0.1, -0.05) is 12.8 Å². The van der Waals surface area contributed by atoms with Gasteiger partial charge in [-0.2, -0.15) is 0 Å². The number of amides is 1. The van der Waals surface area contributed by atoms with Gasteiger partial charge in [0, 0.05) is 17.6 Å². The summed E-state index contributed by atoms with van der Waals surface area (Å²) in [6.07, 6.45) is 5.88. The molecule has 0 aliphatic heterocycles. The molecule has 1 aliphatic carbocycles. The molecule has 1 aromatic heterocycles. The van der Waals surface area contributed by atoms with Gasteiger partial charge >= 0.3 is 0 Å². The molecule has 1 saturated carbocycles. The molecule has 0 atom stereocenters. The monoisotopic (exact) mass is 239 g/mol. The summed E-state index contributed by atoms with van der Waals surface area (Å²) in [7, 11) is 0. The molecule has 0 unspecified atom stereocenters. The average Bonchev–Trinajstić information content (AvgIpc) is 2.97. The molecule has 1 aliphatic rings. The van der Waals surface area contributed by atoms with Crippen molar-refractivity contribution in [2.45, 2.75) is 32.2 Å². The molecule has 1 fully saturated rings. The molecule has 1 heterocycles. The van der Waals surface area contributed by atoms with Gasteiger partial charge in [-0.05, 0) is 12.8 Å². The zero-order chi connectivity index (χ0) is 11.4. The standard InChI is InChI=1S/C11H17N3OS/c12-7-11(3-1-2-4-11)10(15)14-6-9-5-13-8-16-9/h5,8H,1-4,6-7,12H2,(H,14,15). The molecule has 2 rings (SSSR count). The van der Waals surface area contributed by atoms with E-state index in [1.165, 1.54) is 0 Å². The summed E-state index contributed by atoms with van der Waals surface area (Å²) in [5.74, 6) is 0.112. The molecular weight excluding hydrogens is 222 g/mol. The number of rotatable bonds is 4. The lowest BCUT2D eigenvalue weighted by Gasteiger charge is -2.25. The first-order chi connectivity index (χ1) is 7.77. The molecule has 1 amide bonds. The second kappa shape index (κ2) is 4.93. The number of nitrogens with one attached hydrogen (secondary N) is 1. The van der Waals surface area contributed by atoms with Crippen molar-refractivity contribution >= 4 is 17.2 Å². The predicted octanol–water partition coefficient (Wildman–Crippen LogP) is 1.28. The smallest absolute Gasteiger partial charge is 0.227 e. The first-order valence-corrected chi connectivity index (χ1v) is 6.50. The number of nitrogens with zero attached hydrogens (tertiary/aromatic N) is 1. The minimum Gasteiger partial charge on any atom is -0.351 e. The average molecular weight is 239 g/mol. The van der Waals surface area contributed by atoms with Gasteiger partial charge < -0.3 is 11.1 Å². The van der Waals surface area contributed by atoms with Gasteiger partial charge in [-0.3, -0.25) is 9.78 Å². The molecule has 0 radical (unpaired) electrons. The quantitative estimate of drug-likeness (QED) is 0.831. The fraction of sp³-hybridized carbons (Fsp3) is 0.636. The minimum atomic E-state index is -0.301. The van der Waals surface area contributed by atoms with E-state index in [0.29, 0.717) is 13.1 Å².